The SMILES string of the molecule is N#Cc1ccc(C(=O)Nc2cccc(C(=O)Cc3c(Br)cc(C(F)(C(F)(F)F)C(F)(F)F)cc3C(F)(F)F)c2F)cc1. The first-order valence-corrected chi connectivity index (χ1v) is 11.9. The van der Waals surface area contributed by atoms with Gasteiger partial charge in [0.15, 0.2) is 11.6 Å². The Bertz CT molecular complexity index is 1560. The van der Waals surface area contributed by atoms with Crippen molar-refractivity contribution in [2.75, 3.05) is 5.32 Å². The van der Waals surface area contributed by atoms with Gasteiger partial charge in [-0.2, -0.15) is 44.8 Å². The van der Waals surface area contributed by atoms with E-state index in [0.29, 0.717) is 0 Å². The molecule has 0 aliphatic heterocycles. The van der Waals surface area contributed by atoms with Crippen molar-refractivity contribution in [3.05, 3.63) is 98.3 Å². The number of hydrogen-bond acceptors (Lipinski definition) is 3. The van der Waals surface area contributed by atoms with Gasteiger partial charge in [-0.1, -0.05) is 22.0 Å². The van der Waals surface area contributed by atoms with Gasteiger partial charge in [-0.3, -0.25) is 9.59 Å². The van der Waals surface area contributed by atoms with Crippen LogP contribution < -0.4 is 5.32 Å². The number of Topliss-reactive ketones (excluding diaryl/α,β-unsaturated/α-hetero) is 1. The highest BCUT2D eigenvalue weighted by molar-refractivity contribution is 9.10. The van der Waals surface area contributed by atoms with E-state index in [9.17, 15) is 53.5 Å². The van der Waals surface area contributed by atoms with Crippen molar-refractivity contribution in [1.82, 2.24) is 0 Å². The minimum absolute atomic E-state index is 0.0365. The van der Waals surface area contributed by atoms with Gasteiger partial charge in [0, 0.05) is 22.0 Å². The highest BCUT2D eigenvalue weighted by Gasteiger charge is 2.73. The average Bonchev–Trinajstić information content (AvgIpc) is 2.88. The number of anilines is 1. The van der Waals surface area contributed by atoms with Crippen LogP contribution in [0.3, 0.4) is 0 Å². The topological polar surface area (TPSA) is 70.0 Å². The number of ketones is 1. The first-order chi connectivity index (χ1) is 19.2. The number of rotatable bonds is 6. The summed E-state index contributed by atoms with van der Waals surface area (Å²) < 4.78 is 149. The van der Waals surface area contributed by atoms with Crippen LogP contribution in [0, 0.1) is 17.1 Å². The van der Waals surface area contributed by atoms with Crippen LogP contribution in [0.4, 0.5) is 54.0 Å². The predicted octanol–water partition coefficient (Wildman–Crippen LogP) is 8.45. The summed E-state index contributed by atoms with van der Waals surface area (Å²) in [4.78, 5) is 25.3. The monoisotopic (exact) mass is 672 g/mol. The zero-order valence-corrected chi connectivity index (χ0v) is 21.8. The molecule has 0 heterocycles. The van der Waals surface area contributed by atoms with E-state index in [1.165, 1.54) is 24.3 Å². The Labute approximate surface area is 236 Å². The molecule has 0 aliphatic carbocycles. The number of nitrogens with zero attached hydrogens (tertiary/aromatic N) is 1. The Morgan fingerprint density at radius 3 is 1.93 bits per heavy atom. The number of alkyl halides is 10. The lowest BCUT2D eigenvalue weighted by molar-refractivity contribution is -0.348. The Balaban J connectivity index is 2.02. The van der Waals surface area contributed by atoms with Crippen LogP contribution in [0.2, 0.25) is 0 Å². The van der Waals surface area contributed by atoms with Crippen LogP contribution in [0.1, 0.15) is 43.0 Å². The van der Waals surface area contributed by atoms with Gasteiger partial charge in [0.25, 0.3) is 5.91 Å². The van der Waals surface area contributed by atoms with Crippen LogP contribution in [0.15, 0.2) is 59.1 Å². The van der Waals surface area contributed by atoms with Crippen molar-refractivity contribution in [2.24, 2.45) is 0 Å². The molecule has 42 heavy (non-hydrogen) atoms. The van der Waals surface area contributed by atoms with E-state index in [-0.39, 0.29) is 17.2 Å². The quantitative estimate of drug-likeness (QED) is 0.211. The second-order valence-electron chi connectivity index (χ2n) is 8.55. The molecule has 4 nitrogen and oxygen atoms in total. The maximum Gasteiger partial charge on any atom is 0.435 e. The van der Waals surface area contributed by atoms with Gasteiger partial charge in [-0.15, -0.1) is 0 Å². The van der Waals surface area contributed by atoms with E-state index in [2.05, 4.69) is 21.2 Å². The molecule has 0 aromatic heterocycles. The highest BCUT2D eigenvalue weighted by atomic mass is 79.9. The maximum absolute atomic E-state index is 15.1. The summed E-state index contributed by atoms with van der Waals surface area (Å²) in [6.07, 6.45) is -20.5. The second-order valence-corrected chi connectivity index (χ2v) is 9.40. The molecule has 3 aromatic rings. The van der Waals surface area contributed by atoms with Gasteiger partial charge in [0.05, 0.1) is 28.4 Å². The van der Waals surface area contributed by atoms with Gasteiger partial charge >= 0.3 is 24.2 Å². The molecule has 0 spiro atoms. The minimum Gasteiger partial charge on any atom is -0.319 e. The Morgan fingerprint density at radius 1 is 0.857 bits per heavy atom. The molecule has 0 fully saturated rings. The maximum atomic E-state index is 15.1. The van der Waals surface area contributed by atoms with E-state index in [4.69, 9.17) is 5.26 Å². The first kappa shape index (κ1) is 32.5. The molecule has 0 saturated carbocycles. The van der Waals surface area contributed by atoms with Crippen LogP contribution in [0.25, 0.3) is 0 Å². The van der Waals surface area contributed by atoms with Crippen molar-refractivity contribution in [3.63, 3.8) is 0 Å². The van der Waals surface area contributed by atoms with Crippen LogP contribution >= 0.6 is 15.9 Å². The zero-order chi connectivity index (χ0) is 31.8. The fourth-order valence-electron chi connectivity index (χ4n) is 3.75. The molecular formula is C26H12BrF11N2O2. The smallest absolute Gasteiger partial charge is 0.319 e. The fraction of sp³-hybridized carbons (Fsp3) is 0.192. The molecule has 1 amide bonds. The summed E-state index contributed by atoms with van der Waals surface area (Å²) in [5.41, 5.74) is -13.4. The Hall–Kier alpha value is -4.00. The lowest BCUT2D eigenvalue weighted by Crippen LogP contribution is -2.50. The lowest BCUT2D eigenvalue weighted by atomic mass is 9.89. The van der Waals surface area contributed by atoms with Crippen molar-refractivity contribution in [1.29, 1.82) is 5.26 Å². The highest BCUT2D eigenvalue weighted by Crippen LogP contribution is 2.54. The van der Waals surface area contributed by atoms with Gasteiger partial charge in [0.1, 0.15) is 0 Å². The Morgan fingerprint density at radius 2 is 1.43 bits per heavy atom. The molecule has 0 bridgehead atoms. The summed E-state index contributed by atoms with van der Waals surface area (Å²) >= 11 is 2.39. The van der Waals surface area contributed by atoms with Crippen molar-refractivity contribution in [3.8, 4) is 6.07 Å². The summed E-state index contributed by atoms with van der Waals surface area (Å²) in [5, 5.41) is 10.9. The zero-order valence-electron chi connectivity index (χ0n) is 20.2. The summed E-state index contributed by atoms with van der Waals surface area (Å²) in [6.45, 7) is 0. The number of carbonyl (C=O) groups excluding carboxylic acids is 2. The van der Waals surface area contributed by atoms with Crippen LogP contribution in [-0.2, 0) is 18.3 Å². The molecule has 0 aliphatic rings. The number of carbonyl (C=O) groups is 2. The molecule has 3 rings (SSSR count). The number of halogens is 12. The van der Waals surface area contributed by atoms with Gasteiger partial charge in [-0.05, 0) is 54.1 Å². The van der Waals surface area contributed by atoms with E-state index < -0.39 is 86.6 Å². The van der Waals surface area contributed by atoms with Crippen molar-refractivity contribution >= 4 is 33.3 Å². The molecular weight excluding hydrogens is 661 g/mol. The fourth-order valence-corrected chi connectivity index (χ4v) is 4.35. The lowest BCUT2D eigenvalue weighted by Gasteiger charge is -2.31. The normalized spacial score (nSPS) is 12.5. The average molecular weight is 673 g/mol. The second kappa shape index (κ2) is 11.3. The van der Waals surface area contributed by atoms with E-state index in [1.54, 1.807) is 0 Å². The summed E-state index contributed by atoms with van der Waals surface area (Å²) in [7, 11) is 0. The number of benzene rings is 3. The first-order valence-electron chi connectivity index (χ1n) is 11.1. The molecule has 0 radical (unpaired) electrons. The summed E-state index contributed by atoms with van der Waals surface area (Å²) in [6, 6.07) is 8.77. The third-order valence-corrected chi connectivity index (χ3v) is 6.55. The van der Waals surface area contributed by atoms with E-state index in [0.717, 1.165) is 18.2 Å². The van der Waals surface area contributed by atoms with Crippen LogP contribution in [0.5, 0.6) is 0 Å². The van der Waals surface area contributed by atoms with Gasteiger partial charge < -0.3 is 5.32 Å². The summed E-state index contributed by atoms with van der Waals surface area (Å²) in [5.74, 6) is -3.73. The minimum atomic E-state index is -6.71. The van der Waals surface area contributed by atoms with Crippen molar-refractivity contribution < 1.29 is 57.9 Å². The van der Waals surface area contributed by atoms with Gasteiger partial charge in [-0.25, -0.2) is 8.78 Å². The third kappa shape index (κ3) is 6.25. The predicted molar refractivity (Wildman–Crippen MR) is 128 cm³/mol. The van der Waals surface area contributed by atoms with E-state index >= 15 is 4.39 Å². The Kier molecular flexibility index (Phi) is 8.79. The van der Waals surface area contributed by atoms with E-state index in [1.807, 2.05) is 6.07 Å². The molecule has 1 N–H and O–H groups in total. The van der Waals surface area contributed by atoms with Gasteiger partial charge in [0.2, 0.25) is 0 Å². The molecule has 0 saturated heterocycles. The number of amides is 1. The number of nitriles is 1. The number of nitrogens with one attached hydrogen (secondary N) is 1. The molecule has 16 heteroatoms. The van der Waals surface area contributed by atoms with Crippen molar-refractivity contribution in [2.45, 2.75) is 30.6 Å². The molecule has 3 aromatic carbocycles. The third-order valence-electron chi connectivity index (χ3n) is 5.84. The molecule has 0 unspecified atom stereocenters. The molecule has 222 valence electrons. The van der Waals surface area contributed by atoms with Crippen LogP contribution in [-0.4, -0.2) is 24.0 Å². The molecule has 0 atom stereocenters. The number of hydrogen-bond donors (Lipinski definition) is 1. The standard InChI is InChI=1S/C26H12BrF11N2O2/c27-18-9-14(23(29,25(33,34)35)26(36,37)38)8-17(24(30,31)32)16(18)10-20(41)15-2-1-3-19(21(15)28)40-22(42)13-6-4-12(11-39)5-7-13/h1-9H,10H2,(H,40,42). The largest absolute Gasteiger partial charge is 0.435 e.